The van der Waals surface area contributed by atoms with Crippen molar-refractivity contribution in [3.8, 4) is 0 Å². The van der Waals surface area contributed by atoms with Crippen LogP contribution < -0.4 is 5.56 Å². The van der Waals surface area contributed by atoms with Crippen LogP contribution in [0.1, 0.15) is 19.8 Å². The summed E-state index contributed by atoms with van der Waals surface area (Å²) in [4.78, 5) is 38.7. The molecule has 0 radical (unpaired) electrons. The van der Waals surface area contributed by atoms with Crippen molar-refractivity contribution in [3.05, 3.63) is 35.1 Å². The second-order valence-corrected chi connectivity index (χ2v) is 6.57. The highest BCUT2D eigenvalue weighted by atomic mass is 16.5. The monoisotopic (exact) mass is 372 g/mol. The Morgan fingerprint density at radius 3 is 2.81 bits per heavy atom. The summed E-state index contributed by atoms with van der Waals surface area (Å²) in [6.45, 7) is 2.94. The van der Waals surface area contributed by atoms with Crippen LogP contribution in [0.15, 0.2) is 33.9 Å². The van der Waals surface area contributed by atoms with Gasteiger partial charge in [-0.25, -0.2) is 4.68 Å². The number of nitrogens with zero attached hydrogens (tertiary/aromatic N) is 4. The lowest BCUT2D eigenvalue weighted by Gasteiger charge is -2.30. The van der Waals surface area contributed by atoms with Crippen LogP contribution in [0.25, 0.3) is 16.6 Å². The molecule has 0 saturated carbocycles. The van der Waals surface area contributed by atoms with Crippen molar-refractivity contribution < 1.29 is 18.7 Å². The molecule has 1 aliphatic rings. The van der Waals surface area contributed by atoms with Gasteiger partial charge in [0.05, 0.1) is 24.3 Å². The molecule has 4 heterocycles. The van der Waals surface area contributed by atoms with Gasteiger partial charge in [0, 0.05) is 25.2 Å². The highest BCUT2D eigenvalue weighted by Crippen LogP contribution is 2.20. The number of likely N-dealkylation sites (tertiary alicyclic amines) is 1. The van der Waals surface area contributed by atoms with Crippen molar-refractivity contribution in [2.75, 3.05) is 19.7 Å². The van der Waals surface area contributed by atoms with Crippen molar-refractivity contribution >= 4 is 28.5 Å². The number of esters is 1. The van der Waals surface area contributed by atoms with E-state index in [0.717, 1.165) is 10.2 Å². The number of piperidine rings is 1. The first-order valence-corrected chi connectivity index (χ1v) is 8.97. The molecule has 4 rings (SSSR count). The number of furan rings is 1. The van der Waals surface area contributed by atoms with Gasteiger partial charge in [0.15, 0.2) is 5.58 Å². The number of rotatable bonds is 4. The van der Waals surface area contributed by atoms with Gasteiger partial charge in [0.25, 0.3) is 5.56 Å². The fourth-order valence-corrected chi connectivity index (χ4v) is 3.50. The van der Waals surface area contributed by atoms with Crippen LogP contribution in [0.5, 0.6) is 0 Å². The number of carbonyl (C=O) groups is 2. The van der Waals surface area contributed by atoms with Crippen LogP contribution in [0.2, 0.25) is 0 Å². The van der Waals surface area contributed by atoms with Gasteiger partial charge in [0.2, 0.25) is 5.91 Å². The van der Waals surface area contributed by atoms with E-state index in [1.165, 1.54) is 6.33 Å². The van der Waals surface area contributed by atoms with Crippen LogP contribution in [0, 0.1) is 5.92 Å². The first-order valence-electron chi connectivity index (χ1n) is 8.97. The summed E-state index contributed by atoms with van der Waals surface area (Å²) in [7, 11) is 0. The summed E-state index contributed by atoms with van der Waals surface area (Å²) < 4.78 is 13.2. The zero-order valence-electron chi connectivity index (χ0n) is 15.0. The third-order valence-electron chi connectivity index (χ3n) is 4.97. The van der Waals surface area contributed by atoms with E-state index in [-0.39, 0.29) is 29.9 Å². The molecule has 9 heteroatoms. The fourth-order valence-electron chi connectivity index (χ4n) is 3.50. The molecule has 1 saturated heterocycles. The van der Waals surface area contributed by atoms with E-state index in [2.05, 4.69) is 5.10 Å². The molecule has 0 aliphatic carbocycles. The second-order valence-electron chi connectivity index (χ2n) is 6.57. The van der Waals surface area contributed by atoms with E-state index in [1.807, 2.05) is 0 Å². The molecule has 9 nitrogen and oxygen atoms in total. The number of hydrogen-bond donors (Lipinski definition) is 0. The maximum Gasteiger partial charge on any atom is 0.309 e. The fraction of sp³-hybridized carbons (Fsp3) is 0.444. The smallest absolute Gasteiger partial charge is 0.309 e. The number of amides is 1. The van der Waals surface area contributed by atoms with E-state index in [9.17, 15) is 14.4 Å². The number of ether oxygens (including phenoxy) is 1. The molecule has 0 bridgehead atoms. The van der Waals surface area contributed by atoms with Gasteiger partial charge >= 0.3 is 5.97 Å². The third-order valence-corrected chi connectivity index (χ3v) is 4.97. The maximum absolute atomic E-state index is 12.6. The predicted octanol–water partition coefficient (Wildman–Crippen LogP) is 1.04. The van der Waals surface area contributed by atoms with E-state index in [1.54, 1.807) is 34.6 Å². The van der Waals surface area contributed by atoms with Crippen molar-refractivity contribution in [1.29, 1.82) is 0 Å². The summed E-state index contributed by atoms with van der Waals surface area (Å²) in [5, 5.41) is 4.11. The molecular formula is C18H20N4O5. The summed E-state index contributed by atoms with van der Waals surface area (Å²) in [5.41, 5.74) is 1.42. The quantitative estimate of drug-likeness (QED) is 0.635. The first-order chi connectivity index (χ1) is 13.1. The van der Waals surface area contributed by atoms with Crippen LogP contribution in [0.4, 0.5) is 0 Å². The van der Waals surface area contributed by atoms with Gasteiger partial charge in [-0.05, 0) is 19.8 Å². The van der Waals surface area contributed by atoms with Gasteiger partial charge < -0.3 is 14.1 Å². The second kappa shape index (κ2) is 6.90. The predicted molar refractivity (Wildman–Crippen MR) is 95.2 cm³/mol. The summed E-state index contributed by atoms with van der Waals surface area (Å²) in [6, 6.07) is 3.40. The van der Waals surface area contributed by atoms with Gasteiger partial charge in [-0.3, -0.25) is 18.8 Å². The zero-order valence-corrected chi connectivity index (χ0v) is 15.0. The Balaban J connectivity index is 1.46. The normalized spacial score (nSPS) is 15.5. The molecule has 0 N–H and O–H groups in total. The van der Waals surface area contributed by atoms with Gasteiger partial charge in [-0.2, -0.15) is 5.10 Å². The number of aromatic nitrogens is 3. The Morgan fingerprint density at radius 1 is 1.30 bits per heavy atom. The van der Waals surface area contributed by atoms with E-state index < -0.39 is 0 Å². The Bertz CT molecular complexity index is 1050. The average Bonchev–Trinajstić information content (AvgIpc) is 3.26. The van der Waals surface area contributed by atoms with Crippen molar-refractivity contribution in [3.63, 3.8) is 0 Å². The molecule has 0 aromatic carbocycles. The van der Waals surface area contributed by atoms with Crippen LogP contribution in [-0.2, 0) is 20.9 Å². The van der Waals surface area contributed by atoms with Crippen LogP contribution in [-0.4, -0.2) is 50.7 Å². The van der Waals surface area contributed by atoms with Crippen molar-refractivity contribution in [2.24, 2.45) is 5.92 Å². The van der Waals surface area contributed by atoms with E-state index in [4.69, 9.17) is 9.15 Å². The minimum Gasteiger partial charge on any atom is -0.466 e. The van der Waals surface area contributed by atoms with E-state index >= 15 is 0 Å². The van der Waals surface area contributed by atoms with Gasteiger partial charge in [0.1, 0.15) is 18.4 Å². The van der Waals surface area contributed by atoms with Gasteiger partial charge in [-0.1, -0.05) is 0 Å². The lowest BCUT2D eigenvalue weighted by molar-refractivity contribution is -0.151. The topological polar surface area (TPSA) is 99.1 Å². The SMILES string of the molecule is CCOC(=O)C1CCN(C(=O)Cn2ncn3c(cc4occc43)c2=O)CC1. The Morgan fingerprint density at radius 2 is 2.07 bits per heavy atom. The molecule has 0 unspecified atom stereocenters. The number of hydrogen-bond acceptors (Lipinski definition) is 6. The largest absolute Gasteiger partial charge is 0.466 e. The average molecular weight is 372 g/mol. The molecule has 27 heavy (non-hydrogen) atoms. The third kappa shape index (κ3) is 3.09. The van der Waals surface area contributed by atoms with Gasteiger partial charge in [-0.15, -0.1) is 0 Å². The summed E-state index contributed by atoms with van der Waals surface area (Å²) >= 11 is 0. The Kier molecular flexibility index (Phi) is 4.43. The van der Waals surface area contributed by atoms with Crippen LogP contribution in [0.3, 0.4) is 0 Å². The minimum absolute atomic E-state index is 0.133. The Labute approximate surface area is 154 Å². The molecule has 0 spiro atoms. The van der Waals surface area contributed by atoms with Crippen LogP contribution >= 0.6 is 0 Å². The molecule has 142 valence electrons. The lowest BCUT2D eigenvalue weighted by atomic mass is 9.97. The van der Waals surface area contributed by atoms with Crippen molar-refractivity contribution in [1.82, 2.24) is 19.1 Å². The summed E-state index contributed by atoms with van der Waals surface area (Å²) in [6.07, 6.45) is 4.20. The maximum atomic E-state index is 12.6. The standard InChI is InChI=1S/C18H20N4O5/c1-2-26-18(25)12-3-6-20(7-4-12)16(23)10-22-17(24)14-9-15-13(5-8-27-15)21(14)11-19-22/h5,8-9,11-12H,2-4,6-7,10H2,1H3. The molecule has 1 amide bonds. The number of carbonyl (C=O) groups excluding carboxylic acids is 2. The first kappa shape index (κ1) is 17.3. The van der Waals surface area contributed by atoms with Crippen molar-refractivity contribution in [2.45, 2.75) is 26.3 Å². The molecule has 1 aliphatic heterocycles. The highest BCUT2D eigenvalue weighted by Gasteiger charge is 2.28. The minimum atomic E-state index is -0.348. The molecule has 1 fully saturated rings. The Hall–Kier alpha value is -3.10. The molecular weight excluding hydrogens is 352 g/mol. The number of fused-ring (bicyclic) bond motifs is 3. The lowest BCUT2D eigenvalue weighted by Crippen LogP contribution is -2.43. The molecule has 3 aromatic heterocycles. The zero-order chi connectivity index (χ0) is 19.0. The molecule has 0 atom stereocenters. The summed E-state index contributed by atoms with van der Waals surface area (Å²) in [5.74, 6) is -0.556. The van der Waals surface area contributed by atoms with E-state index in [0.29, 0.717) is 43.6 Å². The molecule has 3 aromatic rings. The highest BCUT2D eigenvalue weighted by molar-refractivity contribution is 5.82.